The summed E-state index contributed by atoms with van der Waals surface area (Å²) in [4.78, 5) is 36.1. The molecule has 0 heterocycles. The van der Waals surface area contributed by atoms with Crippen LogP contribution >= 0.6 is 0 Å². The zero-order chi connectivity index (χ0) is 25.2. The Bertz CT molecular complexity index is 1070. The molecule has 0 aliphatic heterocycles. The number of aliphatic carboxylic acids is 1. The summed E-state index contributed by atoms with van der Waals surface area (Å²) in [6.45, 7) is -0.121. The molecule has 35 heavy (non-hydrogen) atoms. The van der Waals surface area contributed by atoms with E-state index in [9.17, 15) is 27.6 Å². The van der Waals surface area contributed by atoms with Gasteiger partial charge in [0.05, 0.1) is 12.8 Å². The van der Waals surface area contributed by atoms with Gasteiger partial charge in [0.15, 0.2) is 0 Å². The summed E-state index contributed by atoms with van der Waals surface area (Å²) < 4.78 is 44.7. The monoisotopic (exact) mass is 490 g/mol. The summed E-state index contributed by atoms with van der Waals surface area (Å²) in [6, 6.07) is 12.5. The van der Waals surface area contributed by atoms with Gasteiger partial charge in [-0.15, -0.1) is 0 Å². The number of ether oxygens (including phenoxy) is 1. The molecule has 186 valence electrons. The number of nitrogens with one attached hydrogen (secondary N) is 2. The van der Waals surface area contributed by atoms with Gasteiger partial charge >= 0.3 is 18.2 Å². The van der Waals surface area contributed by atoms with E-state index in [1.165, 1.54) is 0 Å². The van der Waals surface area contributed by atoms with Crippen LogP contribution in [0.1, 0.15) is 42.7 Å². The average molecular weight is 490 g/mol. The summed E-state index contributed by atoms with van der Waals surface area (Å²) in [7, 11) is 0. The van der Waals surface area contributed by atoms with Crippen molar-refractivity contribution in [2.75, 3.05) is 6.61 Å². The highest BCUT2D eigenvalue weighted by Crippen LogP contribution is 2.44. The molecule has 0 radical (unpaired) electrons. The van der Waals surface area contributed by atoms with Crippen LogP contribution in [0.15, 0.2) is 48.5 Å². The number of carboxylic acids is 1. The SMILES string of the molecule is O=C(O)CC(NC(=O)C(CC(F)(F)F)NC(=O)OCC1c2ccccc2-c2ccccc21)C1CC1. The van der Waals surface area contributed by atoms with E-state index in [0.29, 0.717) is 12.8 Å². The minimum absolute atomic E-state index is 0.101. The average Bonchev–Trinajstić information content (AvgIpc) is 3.59. The Morgan fingerprint density at radius 2 is 1.54 bits per heavy atom. The summed E-state index contributed by atoms with van der Waals surface area (Å²) >= 11 is 0. The lowest BCUT2D eigenvalue weighted by molar-refractivity contribution is -0.149. The fourth-order valence-corrected chi connectivity index (χ4v) is 4.53. The Hall–Kier alpha value is -3.56. The van der Waals surface area contributed by atoms with Gasteiger partial charge in [0.2, 0.25) is 5.91 Å². The van der Waals surface area contributed by atoms with Crippen LogP contribution in [0.5, 0.6) is 0 Å². The first kappa shape index (κ1) is 24.6. The van der Waals surface area contributed by atoms with E-state index >= 15 is 0 Å². The van der Waals surface area contributed by atoms with Crippen LogP contribution in [0, 0.1) is 5.92 Å². The number of amides is 2. The molecule has 2 unspecified atom stereocenters. The van der Waals surface area contributed by atoms with Crippen molar-refractivity contribution in [1.82, 2.24) is 10.6 Å². The third kappa shape index (κ3) is 6.12. The number of carbonyl (C=O) groups excluding carboxylic acids is 2. The molecule has 0 bridgehead atoms. The van der Waals surface area contributed by atoms with E-state index in [2.05, 4.69) is 5.32 Å². The number of halogens is 3. The van der Waals surface area contributed by atoms with Crippen LogP contribution in [0.25, 0.3) is 11.1 Å². The van der Waals surface area contributed by atoms with Crippen LogP contribution < -0.4 is 10.6 Å². The molecular weight excluding hydrogens is 465 g/mol. The largest absolute Gasteiger partial charge is 0.481 e. The number of rotatable bonds is 9. The lowest BCUT2D eigenvalue weighted by Gasteiger charge is -2.23. The summed E-state index contributed by atoms with van der Waals surface area (Å²) in [5.41, 5.74) is 3.87. The Morgan fingerprint density at radius 1 is 0.971 bits per heavy atom. The minimum atomic E-state index is -4.74. The molecule has 1 fully saturated rings. The number of hydrogen-bond acceptors (Lipinski definition) is 4. The predicted octanol–water partition coefficient (Wildman–Crippen LogP) is 4.22. The van der Waals surface area contributed by atoms with Gasteiger partial charge in [-0.1, -0.05) is 48.5 Å². The van der Waals surface area contributed by atoms with Gasteiger partial charge in [-0.05, 0) is 41.0 Å². The fraction of sp³-hybridized carbons (Fsp3) is 0.400. The van der Waals surface area contributed by atoms with E-state index in [1.54, 1.807) is 0 Å². The van der Waals surface area contributed by atoms with Gasteiger partial charge < -0.3 is 20.5 Å². The van der Waals surface area contributed by atoms with Crippen molar-refractivity contribution in [3.63, 3.8) is 0 Å². The van der Waals surface area contributed by atoms with Crippen LogP contribution in [0.4, 0.5) is 18.0 Å². The van der Waals surface area contributed by atoms with Crippen molar-refractivity contribution in [2.45, 2.75) is 49.9 Å². The number of hydrogen-bond donors (Lipinski definition) is 3. The first-order valence-corrected chi connectivity index (χ1v) is 11.3. The zero-order valence-electron chi connectivity index (χ0n) is 18.7. The quantitative estimate of drug-likeness (QED) is 0.488. The van der Waals surface area contributed by atoms with E-state index in [1.807, 2.05) is 53.8 Å². The Balaban J connectivity index is 1.42. The Kier molecular flexibility index (Phi) is 7.00. The van der Waals surface area contributed by atoms with Gasteiger partial charge in [0.25, 0.3) is 0 Å². The molecule has 2 aliphatic carbocycles. The number of benzene rings is 2. The molecule has 1 saturated carbocycles. The van der Waals surface area contributed by atoms with Crippen LogP contribution in [0.3, 0.4) is 0 Å². The molecule has 0 aromatic heterocycles. The van der Waals surface area contributed by atoms with Crippen molar-refractivity contribution in [1.29, 1.82) is 0 Å². The maximum Gasteiger partial charge on any atom is 0.407 e. The molecule has 7 nitrogen and oxygen atoms in total. The molecule has 3 N–H and O–H groups in total. The summed E-state index contributed by atoms with van der Waals surface area (Å²) in [6.07, 6.45) is -6.53. The lowest BCUT2D eigenvalue weighted by Crippen LogP contribution is -2.52. The van der Waals surface area contributed by atoms with Crippen molar-refractivity contribution < 1.29 is 37.4 Å². The number of carboxylic acid groups (broad SMARTS) is 1. The molecule has 0 saturated heterocycles. The zero-order valence-corrected chi connectivity index (χ0v) is 18.7. The smallest absolute Gasteiger partial charge is 0.407 e. The second-order valence-electron chi connectivity index (χ2n) is 8.89. The lowest BCUT2D eigenvalue weighted by atomic mass is 9.98. The molecule has 2 aromatic carbocycles. The van der Waals surface area contributed by atoms with E-state index in [4.69, 9.17) is 9.84 Å². The minimum Gasteiger partial charge on any atom is -0.481 e. The van der Waals surface area contributed by atoms with Gasteiger partial charge in [-0.3, -0.25) is 9.59 Å². The van der Waals surface area contributed by atoms with Crippen LogP contribution in [-0.2, 0) is 14.3 Å². The van der Waals surface area contributed by atoms with Gasteiger partial charge in [0.1, 0.15) is 12.6 Å². The molecule has 10 heteroatoms. The molecule has 2 atom stereocenters. The van der Waals surface area contributed by atoms with Gasteiger partial charge in [0, 0.05) is 12.0 Å². The molecular formula is C25H25F3N2O5. The summed E-state index contributed by atoms with van der Waals surface area (Å²) in [5, 5.41) is 13.4. The Morgan fingerprint density at radius 3 is 2.06 bits per heavy atom. The van der Waals surface area contributed by atoms with Crippen molar-refractivity contribution in [3.8, 4) is 11.1 Å². The number of carbonyl (C=O) groups is 3. The summed E-state index contributed by atoms with van der Waals surface area (Å²) in [5.74, 6) is -2.65. The van der Waals surface area contributed by atoms with E-state index < -0.39 is 49.1 Å². The first-order chi connectivity index (χ1) is 16.6. The van der Waals surface area contributed by atoms with Crippen LogP contribution in [0.2, 0.25) is 0 Å². The molecule has 2 aliphatic rings. The van der Waals surface area contributed by atoms with Crippen LogP contribution in [-0.4, -0.2) is 47.9 Å². The van der Waals surface area contributed by atoms with Crippen molar-refractivity contribution in [3.05, 3.63) is 59.7 Å². The second-order valence-corrected chi connectivity index (χ2v) is 8.89. The maximum absolute atomic E-state index is 13.1. The third-order valence-corrected chi connectivity index (χ3v) is 6.30. The third-order valence-electron chi connectivity index (χ3n) is 6.30. The topological polar surface area (TPSA) is 105 Å². The Labute approximate surface area is 199 Å². The number of alkyl carbamates (subject to hydrolysis) is 1. The van der Waals surface area contributed by atoms with Gasteiger partial charge in [-0.25, -0.2) is 4.79 Å². The number of fused-ring (bicyclic) bond motifs is 3. The fourth-order valence-electron chi connectivity index (χ4n) is 4.53. The molecule has 2 amide bonds. The standard InChI is InChI=1S/C25H25F3N2O5/c26-25(27,28)12-21(23(33)29-20(11-22(31)32)14-9-10-14)30-24(34)35-13-19-17-7-3-1-5-15(17)16-6-2-4-8-18(16)19/h1-8,14,19-21H,9-13H2,(H,29,33)(H,30,34)(H,31,32). The number of alkyl halides is 3. The highest BCUT2D eigenvalue weighted by Gasteiger charge is 2.40. The van der Waals surface area contributed by atoms with E-state index in [-0.39, 0.29) is 18.4 Å². The first-order valence-electron chi connectivity index (χ1n) is 11.3. The van der Waals surface area contributed by atoms with E-state index in [0.717, 1.165) is 22.3 Å². The highest BCUT2D eigenvalue weighted by molar-refractivity contribution is 5.86. The molecule has 4 rings (SSSR count). The van der Waals surface area contributed by atoms with Crippen molar-refractivity contribution >= 4 is 18.0 Å². The second kappa shape index (κ2) is 9.97. The predicted molar refractivity (Wildman–Crippen MR) is 120 cm³/mol. The molecule has 0 spiro atoms. The van der Waals surface area contributed by atoms with Gasteiger partial charge in [-0.2, -0.15) is 13.2 Å². The highest BCUT2D eigenvalue weighted by atomic mass is 19.4. The van der Waals surface area contributed by atoms with Crippen molar-refractivity contribution in [2.24, 2.45) is 5.92 Å². The maximum atomic E-state index is 13.1. The molecule has 2 aromatic rings. The normalized spacial score (nSPS) is 16.5.